The minimum absolute atomic E-state index is 0.125. The molecule has 0 aromatic carbocycles. The number of aliphatic hydroxyl groups excluding tert-OH is 2. The summed E-state index contributed by atoms with van der Waals surface area (Å²) in [6.45, 7) is 4.28. The van der Waals surface area contributed by atoms with Gasteiger partial charge >= 0.3 is 11.9 Å². The summed E-state index contributed by atoms with van der Waals surface area (Å²) >= 11 is 0. The normalized spacial score (nSPS) is 21.4. The molecule has 1 aliphatic rings. The van der Waals surface area contributed by atoms with Crippen LogP contribution >= 0.6 is 0 Å². The van der Waals surface area contributed by atoms with Gasteiger partial charge in [0.25, 0.3) is 0 Å². The highest BCUT2D eigenvalue weighted by Crippen LogP contribution is 2.31. The molecule has 1 rings (SSSR count). The lowest BCUT2D eigenvalue weighted by molar-refractivity contribution is -0.159. The molecule has 6 heteroatoms. The van der Waals surface area contributed by atoms with Gasteiger partial charge in [-0.15, -0.1) is 0 Å². The largest absolute Gasteiger partial charge is 0.481 e. The van der Waals surface area contributed by atoms with Crippen LogP contribution in [-0.2, 0) is 14.3 Å². The molecule has 2 unspecified atom stereocenters. The molecule has 1 aliphatic carbocycles. The summed E-state index contributed by atoms with van der Waals surface area (Å²) in [5.41, 5.74) is 0. The number of hydrogen-bond acceptors (Lipinski definition) is 5. The van der Waals surface area contributed by atoms with Crippen LogP contribution in [0.3, 0.4) is 0 Å². The highest BCUT2D eigenvalue weighted by Gasteiger charge is 2.36. The molecule has 1 saturated carbocycles. The molecule has 1 fully saturated rings. The molecular formula is C15H28O6. The summed E-state index contributed by atoms with van der Waals surface area (Å²) in [7, 11) is 0. The van der Waals surface area contributed by atoms with E-state index in [0.29, 0.717) is 25.4 Å². The summed E-state index contributed by atoms with van der Waals surface area (Å²) in [5.74, 6) is -1.68. The number of hydrogen-bond donors (Lipinski definition) is 3. The predicted octanol–water partition coefficient (Wildman–Crippen LogP) is 1.44. The highest BCUT2D eigenvalue weighted by atomic mass is 16.5. The maximum Gasteiger partial charge on any atom is 0.309 e. The van der Waals surface area contributed by atoms with Gasteiger partial charge in [0.2, 0.25) is 0 Å². The van der Waals surface area contributed by atoms with Crippen LogP contribution in [0.5, 0.6) is 0 Å². The Morgan fingerprint density at radius 3 is 2.05 bits per heavy atom. The van der Waals surface area contributed by atoms with Crippen LogP contribution in [-0.4, -0.2) is 47.1 Å². The summed E-state index contributed by atoms with van der Waals surface area (Å²) < 4.78 is 5.17. The van der Waals surface area contributed by atoms with E-state index >= 15 is 0 Å². The zero-order valence-corrected chi connectivity index (χ0v) is 13.0. The van der Waals surface area contributed by atoms with Gasteiger partial charge in [-0.25, -0.2) is 0 Å². The Kier molecular flexibility index (Phi) is 10.9. The van der Waals surface area contributed by atoms with Crippen molar-refractivity contribution in [2.24, 2.45) is 17.8 Å². The van der Waals surface area contributed by atoms with E-state index in [0.717, 1.165) is 19.3 Å². The topological polar surface area (TPSA) is 104 Å². The van der Waals surface area contributed by atoms with Crippen molar-refractivity contribution in [1.29, 1.82) is 0 Å². The van der Waals surface area contributed by atoms with E-state index in [1.165, 1.54) is 0 Å². The molecule has 6 nitrogen and oxygen atoms in total. The van der Waals surface area contributed by atoms with Crippen molar-refractivity contribution in [2.75, 3.05) is 19.8 Å². The van der Waals surface area contributed by atoms with Crippen molar-refractivity contribution in [3.8, 4) is 0 Å². The Bertz CT molecular complexity index is 301. The van der Waals surface area contributed by atoms with Crippen molar-refractivity contribution in [2.45, 2.75) is 46.0 Å². The fourth-order valence-corrected chi connectivity index (χ4v) is 2.21. The fourth-order valence-electron chi connectivity index (χ4n) is 2.21. The van der Waals surface area contributed by atoms with Gasteiger partial charge in [0, 0.05) is 0 Å². The SMILES string of the molecule is CC(C)CCOC(=O)C1CCCCC1C(=O)O.OCCO. The third-order valence-electron chi connectivity index (χ3n) is 3.43. The van der Waals surface area contributed by atoms with Gasteiger partial charge < -0.3 is 20.1 Å². The Labute approximate surface area is 126 Å². The van der Waals surface area contributed by atoms with Crippen molar-refractivity contribution in [1.82, 2.24) is 0 Å². The first-order chi connectivity index (χ1) is 9.93. The number of esters is 1. The number of carbonyl (C=O) groups excluding carboxylic acids is 1. The molecule has 0 saturated heterocycles. The summed E-state index contributed by atoms with van der Waals surface area (Å²) in [5, 5.41) is 24.3. The molecule has 0 radical (unpaired) electrons. The monoisotopic (exact) mass is 304 g/mol. The number of carboxylic acids is 1. The van der Waals surface area contributed by atoms with Gasteiger partial charge in [0.05, 0.1) is 31.7 Å². The summed E-state index contributed by atoms with van der Waals surface area (Å²) in [6.07, 6.45) is 3.90. The minimum atomic E-state index is -0.865. The highest BCUT2D eigenvalue weighted by molar-refractivity contribution is 5.81. The van der Waals surface area contributed by atoms with E-state index in [4.69, 9.17) is 20.1 Å². The molecule has 124 valence electrons. The van der Waals surface area contributed by atoms with Gasteiger partial charge in [-0.3, -0.25) is 9.59 Å². The molecule has 0 spiro atoms. The van der Waals surface area contributed by atoms with Crippen LogP contribution in [0.2, 0.25) is 0 Å². The van der Waals surface area contributed by atoms with E-state index in [2.05, 4.69) is 13.8 Å². The Morgan fingerprint density at radius 1 is 1.10 bits per heavy atom. The van der Waals surface area contributed by atoms with Crippen LogP contribution in [0.1, 0.15) is 46.0 Å². The van der Waals surface area contributed by atoms with E-state index in [1.54, 1.807) is 0 Å². The number of aliphatic carboxylic acids is 1. The first-order valence-corrected chi connectivity index (χ1v) is 7.55. The van der Waals surface area contributed by atoms with E-state index in [-0.39, 0.29) is 19.2 Å². The lowest BCUT2D eigenvalue weighted by Gasteiger charge is -2.26. The quantitative estimate of drug-likeness (QED) is 0.641. The van der Waals surface area contributed by atoms with Gasteiger partial charge in [0.15, 0.2) is 0 Å². The molecule has 0 aromatic heterocycles. The smallest absolute Gasteiger partial charge is 0.309 e. The molecule has 0 bridgehead atoms. The van der Waals surface area contributed by atoms with Gasteiger partial charge in [-0.05, 0) is 25.2 Å². The summed E-state index contributed by atoms with van der Waals surface area (Å²) in [6, 6.07) is 0. The maximum atomic E-state index is 11.8. The number of aliphatic hydroxyl groups is 2. The average molecular weight is 304 g/mol. The van der Waals surface area contributed by atoms with Crippen LogP contribution < -0.4 is 0 Å². The van der Waals surface area contributed by atoms with Crippen LogP contribution in [0, 0.1) is 17.8 Å². The molecule has 0 aromatic rings. The zero-order chi connectivity index (χ0) is 16.3. The molecule has 0 amide bonds. The van der Waals surface area contributed by atoms with Crippen molar-refractivity contribution in [3.63, 3.8) is 0 Å². The number of carboxylic acid groups (broad SMARTS) is 1. The van der Waals surface area contributed by atoms with E-state index in [9.17, 15) is 9.59 Å². The van der Waals surface area contributed by atoms with Gasteiger partial charge in [-0.2, -0.15) is 0 Å². The molecule has 0 aliphatic heterocycles. The first-order valence-electron chi connectivity index (χ1n) is 7.55. The second kappa shape index (κ2) is 11.5. The van der Waals surface area contributed by atoms with E-state index < -0.39 is 17.8 Å². The van der Waals surface area contributed by atoms with Crippen LogP contribution in [0.15, 0.2) is 0 Å². The maximum absolute atomic E-state index is 11.8. The molecule has 0 heterocycles. The second-order valence-corrected chi connectivity index (χ2v) is 5.63. The summed E-state index contributed by atoms with van der Waals surface area (Å²) in [4.78, 5) is 22.9. The van der Waals surface area contributed by atoms with Crippen molar-refractivity contribution < 1.29 is 29.6 Å². The molecular weight excluding hydrogens is 276 g/mol. The van der Waals surface area contributed by atoms with Crippen LogP contribution in [0.4, 0.5) is 0 Å². The zero-order valence-electron chi connectivity index (χ0n) is 13.0. The Morgan fingerprint density at radius 2 is 1.62 bits per heavy atom. The van der Waals surface area contributed by atoms with Gasteiger partial charge in [-0.1, -0.05) is 26.7 Å². The molecule has 2 atom stereocenters. The third kappa shape index (κ3) is 8.67. The van der Waals surface area contributed by atoms with Crippen molar-refractivity contribution >= 4 is 11.9 Å². The van der Waals surface area contributed by atoms with Gasteiger partial charge in [0.1, 0.15) is 0 Å². The molecule has 21 heavy (non-hydrogen) atoms. The fraction of sp³-hybridized carbons (Fsp3) is 0.867. The number of rotatable bonds is 6. The Hall–Kier alpha value is -1.14. The lowest BCUT2D eigenvalue weighted by Crippen LogP contribution is -2.34. The average Bonchev–Trinajstić information content (AvgIpc) is 2.47. The third-order valence-corrected chi connectivity index (χ3v) is 3.43. The van der Waals surface area contributed by atoms with Crippen LogP contribution in [0.25, 0.3) is 0 Å². The standard InChI is InChI=1S/C13H22O4.C2H6O2/c1-9(2)7-8-17-13(16)11-6-4-3-5-10(11)12(14)15;3-1-2-4/h9-11H,3-8H2,1-2H3,(H,14,15);3-4H,1-2H2. The number of ether oxygens (including phenoxy) is 1. The Balaban J connectivity index is 0.000000885. The second-order valence-electron chi connectivity index (χ2n) is 5.63. The predicted molar refractivity (Wildman–Crippen MR) is 77.7 cm³/mol. The van der Waals surface area contributed by atoms with E-state index in [1.807, 2.05) is 0 Å². The lowest BCUT2D eigenvalue weighted by atomic mass is 9.79. The van der Waals surface area contributed by atoms with Crippen molar-refractivity contribution in [3.05, 3.63) is 0 Å². The molecule has 3 N–H and O–H groups in total. The minimum Gasteiger partial charge on any atom is -0.481 e. The number of carbonyl (C=O) groups is 2. The first kappa shape index (κ1) is 19.9.